The second-order valence-electron chi connectivity index (χ2n) is 5.46. The molecule has 1 aromatic carbocycles. The van der Waals surface area contributed by atoms with Crippen LogP contribution in [0.1, 0.15) is 13.3 Å². The highest BCUT2D eigenvalue weighted by molar-refractivity contribution is 6.05. The van der Waals surface area contributed by atoms with Crippen LogP contribution in [0.15, 0.2) is 60.0 Å². The second kappa shape index (κ2) is 9.02. The molecule has 134 valence electrons. The van der Waals surface area contributed by atoms with Gasteiger partial charge in [-0.25, -0.2) is 5.43 Å². The molecule has 2 aromatic rings. The number of nitrogens with zero attached hydrogens (tertiary/aromatic N) is 3. The van der Waals surface area contributed by atoms with Gasteiger partial charge in [0.1, 0.15) is 0 Å². The van der Waals surface area contributed by atoms with Gasteiger partial charge in [-0.3, -0.25) is 19.7 Å². The molecule has 2 N–H and O–H groups in total. The monoisotopic (exact) mass is 356 g/mol. The van der Waals surface area contributed by atoms with Crippen molar-refractivity contribution in [3.63, 3.8) is 0 Å². The van der Waals surface area contributed by atoms with Crippen molar-refractivity contribution in [2.75, 3.05) is 5.32 Å². The summed E-state index contributed by atoms with van der Waals surface area (Å²) in [4.78, 5) is 33.9. The van der Waals surface area contributed by atoms with Gasteiger partial charge in [0.15, 0.2) is 12.4 Å². The van der Waals surface area contributed by atoms with Crippen molar-refractivity contribution >= 4 is 28.9 Å². The molecule has 2 rings (SSSR count). The lowest BCUT2D eigenvalue weighted by atomic mass is 10.2. The van der Waals surface area contributed by atoms with Gasteiger partial charge in [0.25, 0.3) is 5.69 Å². The van der Waals surface area contributed by atoms with Gasteiger partial charge >= 0.3 is 5.91 Å². The molecule has 0 fully saturated rings. The number of pyridine rings is 1. The lowest BCUT2D eigenvalue weighted by Crippen LogP contribution is -2.41. The Hall–Kier alpha value is -3.62. The van der Waals surface area contributed by atoms with Crippen LogP contribution in [0.25, 0.3) is 0 Å². The molecule has 0 aliphatic heterocycles. The Morgan fingerprint density at radius 3 is 2.58 bits per heavy atom. The van der Waals surface area contributed by atoms with Crippen molar-refractivity contribution in [1.29, 1.82) is 0 Å². The van der Waals surface area contributed by atoms with E-state index >= 15 is 0 Å². The minimum absolute atomic E-state index is 0.0541. The number of non-ortho nitro benzene ring substituents is 1. The van der Waals surface area contributed by atoms with Crippen LogP contribution in [-0.2, 0) is 16.1 Å². The topological polar surface area (TPSA) is 118 Å². The van der Waals surface area contributed by atoms with E-state index in [4.69, 9.17) is 0 Å². The maximum atomic E-state index is 12.0. The zero-order valence-electron chi connectivity index (χ0n) is 14.1. The van der Waals surface area contributed by atoms with Crippen LogP contribution in [0.3, 0.4) is 0 Å². The van der Waals surface area contributed by atoms with Crippen molar-refractivity contribution in [3.05, 3.63) is 65.0 Å². The smallest absolute Gasteiger partial charge is 0.305 e. The maximum absolute atomic E-state index is 12.0. The van der Waals surface area contributed by atoms with Gasteiger partial charge in [0, 0.05) is 35.7 Å². The molecule has 0 saturated heterocycles. The van der Waals surface area contributed by atoms with Gasteiger partial charge in [-0.05, 0) is 13.0 Å². The summed E-state index contributed by atoms with van der Waals surface area (Å²) < 4.78 is 1.69. The summed E-state index contributed by atoms with van der Waals surface area (Å²) in [7, 11) is 0. The Morgan fingerprint density at radius 2 is 1.88 bits per heavy atom. The van der Waals surface area contributed by atoms with Gasteiger partial charge in [-0.1, -0.05) is 12.1 Å². The third-order valence-electron chi connectivity index (χ3n) is 3.23. The fourth-order valence-corrected chi connectivity index (χ4v) is 2.07. The molecule has 26 heavy (non-hydrogen) atoms. The largest absolute Gasteiger partial charge is 0.326 e. The van der Waals surface area contributed by atoms with Crippen LogP contribution in [0.5, 0.6) is 0 Å². The standard InChI is InChI=1S/C17H17N5O4/c1-13(19-20-17(24)12-21-8-3-2-4-9-21)10-16(23)18-14-6-5-7-15(11-14)22(25)26/h2-9,11H,10,12H2,1H3,(H-,18,20,23,24)/p+1. The number of benzene rings is 1. The van der Waals surface area contributed by atoms with E-state index in [9.17, 15) is 19.7 Å². The Morgan fingerprint density at radius 1 is 1.15 bits per heavy atom. The normalized spacial score (nSPS) is 10.9. The summed E-state index contributed by atoms with van der Waals surface area (Å²) in [6.07, 6.45) is 3.45. The summed E-state index contributed by atoms with van der Waals surface area (Å²) in [5, 5.41) is 17.2. The Balaban J connectivity index is 1.84. The van der Waals surface area contributed by atoms with Crippen LogP contribution in [-0.4, -0.2) is 22.4 Å². The predicted octanol–water partition coefficient (Wildman–Crippen LogP) is 1.40. The van der Waals surface area contributed by atoms with E-state index in [1.165, 1.54) is 18.2 Å². The number of hydrazone groups is 1. The van der Waals surface area contributed by atoms with Crippen molar-refractivity contribution in [2.45, 2.75) is 19.9 Å². The number of hydrogen-bond donors (Lipinski definition) is 2. The average Bonchev–Trinajstić information content (AvgIpc) is 2.61. The minimum Gasteiger partial charge on any atom is -0.326 e. The molecule has 0 aliphatic carbocycles. The first-order valence-corrected chi connectivity index (χ1v) is 7.74. The number of nitro benzene ring substituents is 1. The molecule has 0 atom stereocenters. The highest BCUT2D eigenvalue weighted by atomic mass is 16.6. The molecule has 0 radical (unpaired) electrons. The molecular weight excluding hydrogens is 338 g/mol. The Labute approximate surface area is 149 Å². The maximum Gasteiger partial charge on any atom is 0.305 e. The van der Waals surface area contributed by atoms with Crippen LogP contribution < -0.4 is 15.3 Å². The van der Waals surface area contributed by atoms with Gasteiger partial charge in [-0.2, -0.15) is 9.67 Å². The zero-order chi connectivity index (χ0) is 18.9. The van der Waals surface area contributed by atoms with E-state index in [1.807, 2.05) is 6.07 Å². The van der Waals surface area contributed by atoms with Crippen LogP contribution >= 0.6 is 0 Å². The van der Waals surface area contributed by atoms with Crippen LogP contribution in [0.4, 0.5) is 11.4 Å². The van der Waals surface area contributed by atoms with E-state index in [0.717, 1.165) is 0 Å². The predicted molar refractivity (Wildman–Crippen MR) is 94.2 cm³/mol. The fourth-order valence-electron chi connectivity index (χ4n) is 2.07. The molecule has 0 bridgehead atoms. The van der Waals surface area contributed by atoms with E-state index in [1.54, 1.807) is 42.1 Å². The summed E-state index contributed by atoms with van der Waals surface area (Å²) in [6.45, 7) is 1.71. The number of carbonyl (C=O) groups is 2. The molecule has 0 aliphatic rings. The van der Waals surface area contributed by atoms with Crippen LogP contribution in [0.2, 0.25) is 0 Å². The number of nitro groups is 1. The quantitative estimate of drug-likeness (QED) is 0.337. The number of hydrogen-bond acceptors (Lipinski definition) is 5. The number of rotatable bonds is 7. The average molecular weight is 356 g/mol. The van der Waals surface area contributed by atoms with E-state index in [-0.39, 0.29) is 24.6 Å². The molecule has 0 unspecified atom stereocenters. The van der Waals surface area contributed by atoms with Crippen LogP contribution in [0, 0.1) is 10.1 Å². The molecule has 9 nitrogen and oxygen atoms in total. The van der Waals surface area contributed by atoms with Gasteiger partial charge in [0.2, 0.25) is 12.5 Å². The first-order chi connectivity index (χ1) is 12.4. The van der Waals surface area contributed by atoms with Crippen molar-refractivity contribution in [3.8, 4) is 0 Å². The number of aromatic nitrogens is 1. The summed E-state index contributed by atoms with van der Waals surface area (Å²) in [5.74, 6) is -0.710. The third kappa shape index (κ3) is 6.11. The number of anilines is 1. The number of nitrogens with one attached hydrogen (secondary N) is 2. The van der Waals surface area contributed by atoms with Gasteiger partial charge in [-0.15, -0.1) is 0 Å². The fraction of sp³-hybridized carbons (Fsp3) is 0.176. The molecule has 9 heteroatoms. The Bertz CT molecular complexity index is 836. The third-order valence-corrected chi connectivity index (χ3v) is 3.23. The lowest BCUT2D eigenvalue weighted by Gasteiger charge is -2.05. The summed E-state index contributed by atoms with van der Waals surface area (Å²) in [5.41, 5.74) is 2.99. The van der Waals surface area contributed by atoms with Crippen molar-refractivity contribution in [1.82, 2.24) is 5.43 Å². The SMILES string of the molecule is CC(CC(=O)Nc1cccc([N+](=O)[O-])c1)=NNC(=O)C[n+]1ccccc1. The minimum atomic E-state index is -0.539. The molecular formula is C17H18N5O4+. The molecule has 2 amide bonds. The molecule has 1 aromatic heterocycles. The highest BCUT2D eigenvalue weighted by Crippen LogP contribution is 2.17. The lowest BCUT2D eigenvalue weighted by molar-refractivity contribution is -0.684. The van der Waals surface area contributed by atoms with Gasteiger partial charge in [0.05, 0.1) is 11.3 Å². The van der Waals surface area contributed by atoms with E-state index in [0.29, 0.717) is 11.4 Å². The second-order valence-corrected chi connectivity index (χ2v) is 5.46. The summed E-state index contributed by atoms with van der Waals surface area (Å²) >= 11 is 0. The van der Waals surface area contributed by atoms with Crippen molar-refractivity contribution < 1.29 is 19.1 Å². The highest BCUT2D eigenvalue weighted by Gasteiger charge is 2.10. The molecule has 0 saturated carbocycles. The zero-order valence-corrected chi connectivity index (χ0v) is 14.1. The number of carbonyl (C=O) groups excluding carboxylic acids is 2. The van der Waals surface area contributed by atoms with E-state index in [2.05, 4.69) is 15.8 Å². The number of amides is 2. The summed E-state index contributed by atoms with van der Waals surface area (Å²) in [6, 6.07) is 11.1. The van der Waals surface area contributed by atoms with Crippen molar-refractivity contribution in [2.24, 2.45) is 5.10 Å². The van der Waals surface area contributed by atoms with Gasteiger partial charge < -0.3 is 5.32 Å². The molecule has 0 spiro atoms. The Kier molecular flexibility index (Phi) is 6.49. The van der Waals surface area contributed by atoms with E-state index < -0.39 is 10.8 Å². The first kappa shape index (κ1) is 18.7. The first-order valence-electron chi connectivity index (χ1n) is 7.74. The molecule has 1 heterocycles.